The SMILES string of the molecule is CCn1c(N(C)CCOC)nc2c(OC3CCN(C(C)(C)C)C3)ncnc21. The largest absolute Gasteiger partial charge is 0.471 e. The summed E-state index contributed by atoms with van der Waals surface area (Å²) in [6.07, 6.45) is 2.70. The van der Waals surface area contributed by atoms with E-state index in [9.17, 15) is 0 Å². The number of hydrogen-bond donors (Lipinski definition) is 0. The van der Waals surface area contributed by atoms with Crippen LogP contribution in [0.3, 0.4) is 0 Å². The minimum absolute atomic E-state index is 0.128. The Hall–Kier alpha value is -1.93. The van der Waals surface area contributed by atoms with Crippen LogP contribution >= 0.6 is 0 Å². The van der Waals surface area contributed by atoms with E-state index in [1.54, 1.807) is 13.4 Å². The van der Waals surface area contributed by atoms with Gasteiger partial charge in [-0.2, -0.15) is 4.98 Å². The van der Waals surface area contributed by atoms with Gasteiger partial charge in [0, 0.05) is 45.9 Å². The van der Waals surface area contributed by atoms with Gasteiger partial charge in [0.05, 0.1) is 6.61 Å². The number of hydrogen-bond acceptors (Lipinski definition) is 7. The van der Waals surface area contributed by atoms with Gasteiger partial charge in [-0.3, -0.25) is 9.47 Å². The van der Waals surface area contributed by atoms with Gasteiger partial charge in [-0.05, 0) is 34.1 Å². The molecule has 0 N–H and O–H groups in total. The smallest absolute Gasteiger partial charge is 0.245 e. The lowest BCUT2D eigenvalue weighted by Gasteiger charge is -2.31. The molecule has 1 saturated heterocycles. The Morgan fingerprint density at radius 1 is 1.30 bits per heavy atom. The second kappa shape index (κ2) is 7.98. The number of imidazole rings is 1. The van der Waals surface area contributed by atoms with Crippen molar-refractivity contribution < 1.29 is 9.47 Å². The zero-order valence-corrected chi connectivity index (χ0v) is 17.4. The van der Waals surface area contributed by atoms with Crippen molar-refractivity contribution in [3.05, 3.63) is 6.33 Å². The molecular formula is C19H32N6O2. The number of aryl methyl sites for hydroxylation is 1. The van der Waals surface area contributed by atoms with Crippen molar-refractivity contribution in [2.24, 2.45) is 0 Å². The summed E-state index contributed by atoms with van der Waals surface area (Å²) in [5, 5.41) is 0. The fourth-order valence-corrected chi connectivity index (χ4v) is 3.49. The van der Waals surface area contributed by atoms with Gasteiger partial charge in [0.25, 0.3) is 0 Å². The van der Waals surface area contributed by atoms with Crippen LogP contribution < -0.4 is 9.64 Å². The zero-order valence-electron chi connectivity index (χ0n) is 17.4. The fourth-order valence-electron chi connectivity index (χ4n) is 3.49. The minimum Gasteiger partial charge on any atom is -0.471 e. The number of nitrogens with zero attached hydrogens (tertiary/aromatic N) is 6. The molecule has 8 nitrogen and oxygen atoms in total. The maximum Gasteiger partial charge on any atom is 0.245 e. The number of aromatic nitrogens is 4. The molecular weight excluding hydrogens is 344 g/mol. The summed E-state index contributed by atoms with van der Waals surface area (Å²) in [5.41, 5.74) is 1.69. The molecule has 0 bridgehead atoms. The van der Waals surface area contributed by atoms with Crippen molar-refractivity contribution in [3.8, 4) is 5.88 Å². The van der Waals surface area contributed by atoms with Gasteiger partial charge in [-0.25, -0.2) is 9.97 Å². The van der Waals surface area contributed by atoms with Gasteiger partial charge in [0.2, 0.25) is 11.8 Å². The van der Waals surface area contributed by atoms with Crippen molar-refractivity contribution in [2.45, 2.75) is 52.3 Å². The van der Waals surface area contributed by atoms with E-state index in [1.165, 1.54) is 0 Å². The molecule has 1 atom stereocenters. The molecule has 1 unspecified atom stereocenters. The number of ether oxygens (including phenoxy) is 2. The molecule has 3 heterocycles. The minimum atomic E-state index is 0.128. The van der Waals surface area contributed by atoms with Gasteiger partial charge in [-0.1, -0.05) is 0 Å². The molecule has 150 valence electrons. The topological polar surface area (TPSA) is 68.5 Å². The molecule has 8 heteroatoms. The summed E-state index contributed by atoms with van der Waals surface area (Å²) >= 11 is 0. The van der Waals surface area contributed by atoms with Crippen molar-refractivity contribution in [1.29, 1.82) is 0 Å². The summed E-state index contributed by atoms with van der Waals surface area (Å²) in [4.78, 5) is 18.2. The van der Waals surface area contributed by atoms with Crippen LogP contribution in [0.2, 0.25) is 0 Å². The summed E-state index contributed by atoms with van der Waals surface area (Å²) in [5.74, 6) is 1.44. The summed E-state index contributed by atoms with van der Waals surface area (Å²) in [6.45, 7) is 12.9. The van der Waals surface area contributed by atoms with Crippen molar-refractivity contribution in [2.75, 3.05) is 45.3 Å². The fraction of sp³-hybridized carbons (Fsp3) is 0.737. The summed E-state index contributed by atoms with van der Waals surface area (Å²) in [6, 6.07) is 0. The first-order chi connectivity index (χ1) is 12.8. The van der Waals surface area contributed by atoms with E-state index in [1.807, 2.05) is 7.05 Å². The van der Waals surface area contributed by atoms with Crippen LogP contribution in [0, 0.1) is 0 Å². The zero-order chi connectivity index (χ0) is 19.6. The molecule has 1 fully saturated rings. The predicted octanol–water partition coefficient (Wildman–Crippen LogP) is 2.18. The Kier molecular flexibility index (Phi) is 5.86. The lowest BCUT2D eigenvalue weighted by atomic mass is 10.1. The van der Waals surface area contributed by atoms with E-state index < -0.39 is 0 Å². The van der Waals surface area contributed by atoms with Gasteiger partial charge in [0.15, 0.2) is 11.2 Å². The van der Waals surface area contributed by atoms with E-state index in [-0.39, 0.29) is 11.6 Å². The van der Waals surface area contributed by atoms with Crippen LogP contribution in [-0.2, 0) is 11.3 Å². The third kappa shape index (κ3) is 4.16. The van der Waals surface area contributed by atoms with E-state index in [0.717, 1.165) is 49.7 Å². The van der Waals surface area contributed by atoms with Crippen molar-refractivity contribution in [1.82, 2.24) is 24.4 Å². The molecule has 2 aromatic rings. The lowest BCUT2D eigenvalue weighted by Crippen LogP contribution is -2.40. The van der Waals surface area contributed by atoms with E-state index in [4.69, 9.17) is 14.5 Å². The molecule has 1 aliphatic heterocycles. The third-order valence-electron chi connectivity index (χ3n) is 5.14. The summed E-state index contributed by atoms with van der Waals surface area (Å²) in [7, 11) is 3.72. The normalized spacial score (nSPS) is 18.4. The van der Waals surface area contributed by atoms with Crippen LogP contribution in [-0.4, -0.2) is 76.5 Å². The highest BCUT2D eigenvalue weighted by molar-refractivity contribution is 5.79. The van der Waals surface area contributed by atoms with Crippen LogP contribution in [0.25, 0.3) is 11.2 Å². The Balaban J connectivity index is 1.86. The molecule has 1 aliphatic rings. The number of methoxy groups -OCH3 is 1. The van der Waals surface area contributed by atoms with Gasteiger partial charge in [0.1, 0.15) is 12.4 Å². The first-order valence-corrected chi connectivity index (χ1v) is 9.68. The molecule has 2 aromatic heterocycles. The van der Waals surface area contributed by atoms with E-state index >= 15 is 0 Å². The number of rotatable bonds is 7. The molecule has 0 radical (unpaired) electrons. The highest BCUT2D eigenvalue weighted by Gasteiger charge is 2.32. The average Bonchev–Trinajstić information content (AvgIpc) is 3.24. The Morgan fingerprint density at radius 3 is 2.70 bits per heavy atom. The second-order valence-corrected chi connectivity index (χ2v) is 8.07. The standard InChI is InChI=1S/C19H32N6O2/c1-7-25-16-15(22-18(25)23(5)10-11-26-6)17(21-13-20-16)27-14-8-9-24(12-14)19(2,3)4/h13-14H,7-12H2,1-6H3. The Bertz CT molecular complexity index is 769. The van der Waals surface area contributed by atoms with Crippen LogP contribution in [0.5, 0.6) is 5.88 Å². The van der Waals surface area contributed by atoms with Crippen molar-refractivity contribution >= 4 is 17.1 Å². The van der Waals surface area contributed by atoms with E-state index in [2.05, 4.69) is 52.0 Å². The molecule has 0 amide bonds. The maximum atomic E-state index is 6.28. The number of anilines is 1. The molecule has 0 aromatic carbocycles. The lowest BCUT2D eigenvalue weighted by molar-refractivity contribution is 0.139. The highest BCUT2D eigenvalue weighted by Crippen LogP contribution is 2.29. The number of fused-ring (bicyclic) bond motifs is 1. The van der Waals surface area contributed by atoms with Gasteiger partial charge >= 0.3 is 0 Å². The van der Waals surface area contributed by atoms with Crippen molar-refractivity contribution in [3.63, 3.8) is 0 Å². The average molecular weight is 377 g/mol. The number of likely N-dealkylation sites (N-methyl/N-ethyl adjacent to an activating group) is 1. The van der Waals surface area contributed by atoms with Gasteiger partial charge in [-0.15, -0.1) is 0 Å². The number of likely N-dealkylation sites (tertiary alicyclic amines) is 1. The van der Waals surface area contributed by atoms with Crippen LogP contribution in [0.1, 0.15) is 34.1 Å². The van der Waals surface area contributed by atoms with Crippen LogP contribution in [0.4, 0.5) is 5.95 Å². The summed E-state index contributed by atoms with van der Waals surface area (Å²) < 4.78 is 13.6. The van der Waals surface area contributed by atoms with Crippen LogP contribution in [0.15, 0.2) is 6.33 Å². The van der Waals surface area contributed by atoms with Gasteiger partial charge < -0.3 is 14.4 Å². The quantitative estimate of drug-likeness (QED) is 0.733. The predicted molar refractivity (Wildman–Crippen MR) is 107 cm³/mol. The first kappa shape index (κ1) is 19.8. The highest BCUT2D eigenvalue weighted by atomic mass is 16.5. The second-order valence-electron chi connectivity index (χ2n) is 8.07. The third-order valence-corrected chi connectivity index (χ3v) is 5.14. The molecule has 27 heavy (non-hydrogen) atoms. The maximum absolute atomic E-state index is 6.28. The molecule has 3 rings (SSSR count). The molecule has 0 spiro atoms. The molecule has 0 aliphatic carbocycles. The monoisotopic (exact) mass is 376 g/mol. The molecule has 0 saturated carbocycles. The first-order valence-electron chi connectivity index (χ1n) is 9.68. The Morgan fingerprint density at radius 2 is 2.07 bits per heavy atom. The Labute approximate surface area is 161 Å². The van der Waals surface area contributed by atoms with E-state index in [0.29, 0.717) is 12.5 Å².